The summed E-state index contributed by atoms with van der Waals surface area (Å²) in [4.78, 5) is 12.0. The fraction of sp³-hybridized carbons (Fsp3) is 0.316. The molecule has 2 aromatic rings. The molecule has 0 aromatic heterocycles. The molecule has 0 fully saturated rings. The minimum atomic E-state index is -0.0369. The summed E-state index contributed by atoms with van der Waals surface area (Å²) in [6, 6.07) is 15.6. The maximum absolute atomic E-state index is 12.0. The number of hydrogen-bond donors (Lipinski definition) is 2. The fourth-order valence-electron chi connectivity index (χ4n) is 2.22. The van der Waals surface area contributed by atoms with Crippen LogP contribution in [0.2, 0.25) is 0 Å². The van der Waals surface area contributed by atoms with Crippen LogP contribution < -0.4 is 15.4 Å². The fourth-order valence-corrected chi connectivity index (χ4v) is 2.22. The van der Waals surface area contributed by atoms with E-state index in [2.05, 4.69) is 16.7 Å². The summed E-state index contributed by atoms with van der Waals surface area (Å²) in [5.74, 6) is 0.851. The largest absolute Gasteiger partial charge is 0.494 e. The van der Waals surface area contributed by atoms with Gasteiger partial charge in [0.25, 0.3) is 5.91 Å². The van der Waals surface area contributed by atoms with Crippen LogP contribution >= 0.6 is 0 Å². The summed E-state index contributed by atoms with van der Waals surface area (Å²) >= 11 is 0. The Labute approximate surface area is 137 Å². The lowest BCUT2D eigenvalue weighted by Gasteiger charge is -2.09. The van der Waals surface area contributed by atoms with Crippen LogP contribution in [0, 0.1) is 6.92 Å². The van der Waals surface area contributed by atoms with Crippen LogP contribution in [0.1, 0.15) is 28.4 Å². The molecule has 0 aliphatic heterocycles. The highest BCUT2D eigenvalue weighted by molar-refractivity contribution is 5.94. The van der Waals surface area contributed by atoms with Gasteiger partial charge < -0.3 is 15.4 Å². The van der Waals surface area contributed by atoms with Crippen molar-refractivity contribution in [2.24, 2.45) is 0 Å². The SMILES string of the molecule is CCOc1cccc(CNCCNC(=O)c2ccc(C)cc2)c1. The van der Waals surface area contributed by atoms with Crippen molar-refractivity contribution in [2.75, 3.05) is 19.7 Å². The van der Waals surface area contributed by atoms with E-state index in [1.54, 1.807) is 0 Å². The maximum Gasteiger partial charge on any atom is 0.251 e. The molecule has 0 saturated heterocycles. The highest BCUT2D eigenvalue weighted by atomic mass is 16.5. The molecule has 2 aromatic carbocycles. The van der Waals surface area contributed by atoms with Crippen molar-refractivity contribution in [1.29, 1.82) is 0 Å². The number of amides is 1. The first kappa shape index (κ1) is 17.0. The van der Waals surface area contributed by atoms with E-state index in [9.17, 15) is 4.79 Å². The summed E-state index contributed by atoms with van der Waals surface area (Å²) in [5, 5.41) is 6.23. The van der Waals surface area contributed by atoms with Crippen molar-refractivity contribution in [1.82, 2.24) is 10.6 Å². The van der Waals surface area contributed by atoms with Crippen LogP contribution in [-0.2, 0) is 6.54 Å². The number of rotatable bonds is 8. The smallest absolute Gasteiger partial charge is 0.251 e. The normalized spacial score (nSPS) is 10.3. The Bertz CT molecular complexity index is 624. The molecular formula is C19H24N2O2. The van der Waals surface area contributed by atoms with Crippen LogP contribution in [0.3, 0.4) is 0 Å². The lowest BCUT2D eigenvalue weighted by atomic mass is 10.1. The van der Waals surface area contributed by atoms with Gasteiger partial charge in [-0.15, -0.1) is 0 Å². The molecule has 23 heavy (non-hydrogen) atoms. The predicted molar refractivity (Wildman–Crippen MR) is 92.8 cm³/mol. The third-order valence-electron chi connectivity index (χ3n) is 3.44. The van der Waals surface area contributed by atoms with E-state index in [1.807, 2.05) is 56.3 Å². The molecule has 0 atom stereocenters. The molecule has 4 nitrogen and oxygen atoms in total. The van der Waals surface area contributed by atoms with Gasteiger partial charge in [-0.3, -0.25) is 4.79 Å². The summed E-state index contributed by atoms with van der Waals surface area (Å²) in [6.45, 7) is 6.71. The first-order chi connectivity index (χ1) is 11.2. The van der Waals surface area contributed by atoms with Crippen LogP contribution in [0.25, 0.3) is 0 Å². The monoisotopic (exact) mass is 312 g/mol. The van der Waals surface area contributed by atoms with Crippen molar-refractivity contribution in [2.45, 2.75) is 20.4 Å². The van der Waals surface area contributed by atoms with Crippen molar-refractivity contribution in [3.05, 3.63) is 65.2 Å². The zero-order valence-corrected chi connectivity index (χ0v) is 13.8. The lowest BCUT2D eigenvalue weighted by molar-refractivity contribution is 0.0954. The van der Waals surface area contributed by atoms with Gasteiger partial charge in [0.15, 0.2) is 0 Å². The standard InChI is InChI=1S/C19H24N2O2/c1-3-23-18-6-4-5-16(13-18)14-20-11-12-21-19(22)17-9-7-15(2)8-10-17/h4-10,13,20H,3,11-12,14H2,1-2H3,(H,21,22). The van der Waals surface area contributed by atoms with E-state index in [0.29, 0.717) is 18.7 Å². The van der Waals surface area contributed by atoms with Gasteiger partial charge >= 0.3 is 0 Å². The van der Waals surface area contributed by atoms with Gasteiger partial charge in [-0.1, -0.05) is 29.8 Å². The minimum Gasteiger partial charge on any atom is -0.494 e. The number of carbonyl (C=O) groups is 1. The van der Waals surface area contributed by atoms with Gasteiger partial charge in [0.1, 0.15) is 5.75 Å². The Morgan fingerprint density at radius 3 is 2.61 bits per heavy atom. The van der Waals surface area contributed by atoms with Gasteiger partial charge in [-0.05, 0) is 43.7 Å². The Hall–Kier alpha value is -2.33. The summed E-state index contributed by atoms with van der Waals surface area (Å²) in [7, 11) is 0. The molecule has 122 valence electrons. The second-order valence-electron chi connectivity index (χ2n) is 5.38. The predicted octanol–water partition coefficient (Wildman–Crippen LogP) is 2.91. The van der Waals surface area contributed by atoms with Gasteiger partial charge in [-0.2, -0.15) is 0 Å². The third kappa shape index (κ3) is 5.75. The molecule has 0 spiro atoms. The first-order valence-corrected chi connectivity index (χ1v) is 7.96. The Balaban J connectivity index is 1.68. The molecule has 1 amide bonds. The molecule has 0 aliphatic rings. The van der Waals surface area contributed by atoms with Gasteiger partial charge in [0.2, 0.25) is 0 Å². The second kappa shape index (κ2) is 8.96. The number of benzene rings is 2. The number of carbonyl (C=O) groups excluding carboxylic acids is 1. The number of hydrogen-bond acceptors (Lipinski definition) is 3. The summed E-state index contributed by atoms with van der Waals surface area (Å²) in [5.41, 5.74) is 3.01. The molecule has 0 aliphatic carbocycles. The molecule has 2 N–H and O–H groups in total. The van der Waals surface area contributed by atoms with Gasteiger partial charge in [-0.25, -0.2) is 0 Å². The van der Waals surface area contributed by atoms with Crippen LogP contribution in [0.15, 0.2) is 48.5 Å². The van der Waals surface area contributed by atoms with Crippen molar-refractivity contribution in [3.63, 3.8) is 0 Å². The Morgan fingerprint density at radius 2 is 1.87 bits per heavy atom. The molecule has 0 unspecified atom stereocenters. The summed E-state index contributed by atoms with van der Waals surface area (Å²) < 4.78 is 5.48. The zero-order valence-electron chi connectivity index (χ0n) is 13.8. The molecule has 4 heteroatoms. The minimum absolute atomic E-state index is 0.0369. The molecule has 0 radical (unpaired) electrons. The zero-order chi connectivity index (χ0) is 16.5. The van der Waals surface area contributed by atoms with Crippen molar-refractivity contribution < 1.29 is 9.53 Å². The highest BCUT2D eigenvalue weighted by Crippen LogP contribution is 2.12. The number of nitrogens with one attached hydrogen (secondary N) is 2. The third-order valence-corrected chi connectivity index (χ3v) is 3.44. The van der Waals surface area contributed by atoms with E-state index in [4.69, 9.17) is 4.74 Å². The molecule has 2 rings (SSSR count). The molecular weight excluding hydrogens is 288 g/mol. The number of aryl methyl sites for hydroxylation is 1. The Morgan fingerprint density at radius 1 is 1.09 bits per heavy atom. The molecule has 0 saturated carbocycles. The van der Waals surface area contributed by atoms with E-state index in [0.717, 1.165) is 24.4 Å². The average molecular weight is 312 g/mol. The van der Waals surface area contributed by atoms with Crippen molar-refractivity contribution in [3.8, 4) is 5.75 Å². The van der Waals surface area contributed by atoms with Crippen LogP contribution in [0.4, 0.5) is 0 Å². The van der Waals surface area contributed by atoms with E-state index in [1.165, 1.54) is 5.56 Å². The molecule has 0 heterocycles. The maximum atomic E-state index is 12.0. The molecule has 0 bridgehead atoms. The average Bonchev–Trinajstić information content (AvgIpc) is 2.56. The lowest BCUT2D eigenvalue weighted by Crippen LogP contribution is -2.31. The second-order valence-corrected chi connectivity index (χ2v) is 5.38. The Kier molecular flexibility index (Phi) is 6.63. The quantitative estimate of drug-likeness (QED) is 0.737. The van der Waals surface area contributed by atoms with Crippen molar-refractivity contribution >= 4 is 5.91 Å². The van der Waals surface area contributed by atoms with Crippen LogP contribution in [-0.4, -0.2) is 25.6 Å². The topological polar surface area (TPSA) is 50.4 Å². The highest BCUT2D eigenvalue weighted by Gasteiger charge is 2.03. The van der Waals surface area contributed by atoms with E-state index in [-0.39, 0.29) is 5.91 Å². The number of ether oxygens (including phenoxy) is 1. The van der Waals surface area contributed by atoms with Gasteiger partial charge in [0.05, 0.1) is 6.61 Å². The van der Waals surface area contributed by atoms with Crippen LogP contribution in [0.5, 0.6) is 5.75 Å². The van der Waals surface area contributed by atoms with E-state index >= 15 is 0 Å². The van der Waals surface area contributed by atoms with Gasteiger partial charge in [0, 0.05) is 25.2 Å². The summed E-state index contributed by atoms with van der Waals surface area (Å²) in [6.07, 6.45) is 0. The van der Waals surface area contributed by atoms with E-state index < -0.39 is 0 Å². The first-order valence-electron chi connectivity index (χ1n) is 7.96.